The van der Waals surface area contributed by atoms with E-state index in [2.05, 4.69) is 42.5 Å². The van der Waals surface area contributed by atoms with Crippen molar-refractivity contribution in [3.63, 3.8) is 0 Å². The van der Waals surface area contributed by atoms with Gasteiger partial charge in [0, 0.05) is 5.56 Å². The molecule has 2 aliphatic rings. The second-order valence-electron chi connectivity index (χ2n) is 9.46. The van der Waals surface area contributed by atoms with Crippen LogP contribution in [0.1, 0.15) is 113 Å². The van der Waals surface area contributed by atoms with Gasteiger partial charge in [-0.3, -0.25) is 0 Å². The highest BCUT2D eigenvalue weighted by atomic mass is 16.3. The fourth-order valence-electron chi connectivity index (χ4n) is 5.62. The van der Waals surface area contributed by atoms with E-state index in [4.69, 9.17) is 0 Å². The topological polar surface area (TPSA) is 20.2 Å². The SMILES string of the molecule is Oc1c(-c2ccccc2)cc(C2CCCCCCC2)cc1C1CCCCCCC1. The van der Waals surface area contributed by atoms with Gasteiger partial charge < -0.3 is 5.11 Å². The third-order valence-electron chi connectivity index (χ3n) is 7.37. The quantitative estimate of drug-likeness (QED) is 0.555. The van der Waals surface area contributed by atoms with Gasteiger partial charge in [-0.25, -0.2) is 0 Å². The standard InChI is InChI=1S/C28H38O/c29-28-26(23-16-10-5-2-6-11-17-23)20-25(22-14-8-3-1-4-9-15-22)21-27(28)24-18-12-7-13-19-24/h7,12-13,18-23,29H,1-6,8-11,14-17H2. The van der Waals surface area contributed by atoms with Gasteiger partial charge in [0.25, 0.3) is 0 Å². The van der Waals surface area contributed by atoms with Crippen molar-refractivity contribution >= 4 is 0 Å². The minimum absolute atomic E-state index is 0.520. The Balaban J connectivity index is 1.74. The van der Waals surface area contributed by atoms with Crippen molar-refractivity contribution in [2.45, 2.75) is 102 Å². The van der Waals surface area contributed by atoms with Gasteiger partial charge in [0.2, 0.25) is 0 Å². The van der Waals surface area contributed by atoms with Crippen LogP contribution in [0.5, 0.6) is 5.75 Å². The molecule has 29 heavy (non-hydrogen) atoms. The molecule has 1 N–H and O–H groups in total. The molecule has 0 bridgehead atoms. The second kappa shape index (κ2) is 10.3. The Hall–Kier alpha value is -1.76. The minimum atomic E-state index is 0.520. The third kappa shape index (κ3) is 5.24. The summed E-state index contributed by atoms with van der Waals surface area (Å²) in [5.74, 6) is 1.73. The van der Waals surface area contributed by atoms with E-state index in [1.165, 1.54) is 101 Å². The van der Waals surface area contributed by atoms with Crippen LogP contribution < -0.4 is 0 Å². The number of phenols is 1. The summed E-state index contributed by atoms with van der Waals surface area (Å²) >= 11 is 0. The Morgan fingerprint density at radius 3 is 1.69 bits per heavy atom. The number of aromatic hydroxyl groups is 1. The number of phenolic OH excluding ortho intramolecular Hbond substituents is 1. The van der Waals surface area contributed by atoms with E-state index in [1.807, 2.05) is 0 Å². The first-order valence-electron chi connectivity index (χ1n) is 12.2. The Bertz CT molecular complexity index is 747. The van der Waals surface area contributed by atoms with Crippen LogP contribution in [-0.4, -0.2) is 5.11 Å². The lowest BCUT2D eigenvalue weighted by atomic mass is 9.79. The van der Waals surface area contributed by atoms with Crippen molar-refractivity contribution < 1.29 is 5.11 Å². The van der Waals surface area contributed by atoms with Crippen molar-refractivity contribution in [2.24, 2.45) is 0 Å². The number of rotatable bonds is 3. The van der Waals surface area contributed by atoms with Crippen molar-refractivity contribution in [1.82, 2.24) is 0 Å². The Labute approximate surface area is 177 Å². The Morgan fingerprint density at radius 2 is 1.10 bits per heavy atom. The molecule has 0 unspecified atom stereocenters. The van der Waals surface area contributed by atoms with Crippen molar-refractivity contribution in [3.8, 4) is 16.9 Å². The minimum Gasteiger partial charge on any atom is -0.507 e. The maximum absolute atomic E-state index is 11.4. The first kappa shape index (κ1) is 20.5. The predicted octanol–water partition coefficient (Wildman–Crippen LogP) is 8.72. The van der Waals surface area contributed by atoms with Crippen LogP contribution in [0.15, 0.2) is 42.5 Å². The van der Waals surface area contributed by atoms with Crippen LogP contribution in [0.25, 0.3) is 11.1 Å². The normalized spacial score (nSPS) is 20.4. The fourth-order valence-corrected chi connectivity index (χ4v) is 5.62. The Morgan fingerprint density at radius 1 is 0.586 bits per heavy atom. The summed E-state index contributed by atoms with van der Waals surface area (Å²) in [6, 6.07) is 15.3. The largest absolute Gasteiger partial charge is 0.507 e. The summed E-state index contributed by atoms with van der Waals surface area (Å²) in [4.78, 5) is 0. The molecule has 156 valence electrons. The van der Waals surface area contributed by atoms with E-state index in [0.29, 0.717) is 17.6 Å². The smallest absolute Gasteiger partial charge is 0.126 e. The molecule has 0 radical (unpaired) electrons. The van der Waals surface area contributed by atoms with E-state index in [-0.39, 0.29) is 0 Å². The summed E-state index contributed by atoms with van der Waals surface area (Å²) in [5.41, 5.74) is 4.94. The highest BCUT2D eigenvalue weighted by Gasteiger charge is 2.23. The Kier molecular flexibility index (Phi) is 7.30. The second-order valence-corrected chi connectivity index (χ2v) is 9.46. The molecule has 2 aromatic rings. The zero-order chi connectivity index (χ0) is 19.9. The van der Waals surface area contributed by atoms with Crippen LogP contribution in [0.3, 0.4) is 0 Å². The molecular weight excluding hydrogens is 352 g/mol. The average Bonchev–Trinajstić information content (AvgIpc) is 2.69. The van der Waals surface area contributed by atoms with E-state index in [1.54, 1.807) is 0 Å². The summed E-state index contributed by atoms with van der Waals surface area (Å²) in [7, 11) is 0. The van der Waals surface area contributed by atoms with Crippen LogP contribution in [0.4, 0.5) is 0 Å². The first-order chi connectivity index (χ1) is 14.3. The van der Waals surface area contributed by atoms with Gasteiger partial charge in [0.15, 0.2) is 0 Å². The highest BCUT2D eigenvalue weighted by Crippen LogP contribution is 2.44. The lowest BCUT2D eigenvalue weighted by molar-refractivity contribution is 0.422. The van der Waals surface area contributed by atoms with E-state index in [0.717, 1.165) is 11.1 Å². The van der Waals surface area contributed by atoms with Gasteiger partial charge in [0.1, 0.15) is 5.75 Å². The fraction of sp³-hybridized carbons (Fsp3) is 0.571. The summed E-state index contributed by atoms with van der Waals surface area (Å²) in [5, 5.41) is 11.4. The zero-order valence-corrected chi connectivity index (χ0v) is 18.0. The molecule has 4 rings (SSSR count). The van der Waals surface area contributed by atoms with Gasteiger partial charge in [-0.15, -0.1) is 0 Å². The number of hydrogen-bond acceptors (Lipinski definition) is 1. The van der Waals surface area contributed by atoms with Gasteiger partial charge in [-0.2, -0.15) is 0 Å². The zero-order valence-electron chi connectivity index (χ0n) is 18.0. The van der Waals surface area contributed by atoms with Gasteiger partial charge in [0.05, 0.1) is 0 Å². The molecule has 2 fully saturated rings. The molecule has 1 heteroatoms. The van der Waals surface area contributed by atoms with Gasteiger partial charge in [-0.1, -0.05) is 101 Å². The lowest BCUT2D eigenvalue weighted by Gasteiger charge is -2.26. The van der Waals surface area contributed by atoms with Gasteiger partial charge in [-0.05, 0) is 60.3 Å². The number of hydrogen-bond donors (Lipinski definition) is 1. The van der Waals surface area contributed by atoms with E-state index < -0.39 is 0 Å². The molecule has 0 heterocycles. The van der Waals surface area contributed by atoms with Crippen molar-refractivity contribution in [2.75, 3.05) is 0 Å². The first-order valence-corrected chi connectivity index (χ1v) is 12.2. The maximum Gasteiger partial charge on any atom is 0.126 e. The van der Waals surface area contributed by atoms with Crippen molar-refractivity contribution in [1.29, 1.82) is 0 Å². The lowest BCUT2D eigenvalue weighted by Crippen LogP contribution is -2.07. The monoisotopic (exact) mass is 390 g/mol. The van der Waals surface area contributed by atoms with E-state index in [9.17, 15) is 5.11 Å². The molecule has 2 aromatic carbocycles. The predicted molar refractivity (Wildman–Crippen MR) is 124 cm³/mol. The van der Waals surface area contributed by atoms with Crippen LogP contribution >= 0.6 is 0 Å². The maximum atomic E-state index is 11.4. The molecule has 0 saturated heterocycles. The molecular formula is C28H38O. The van der Waals surface area contributed by atoms with E-state index >= 15 is 0 Å². The van der Waals surface area contributed by atoms with Crippen LogP contribution in [0.2, 0.25) is 0 Å². The van der Waals surface area contributed by atoms with Crippen LogP contribution in [0, 0.1) is 0 Å². The average molecular weight is 391 g/mol. The number of benzene rings is 2. The molecule has 0 amide bonds. The summed E-state index contributed by atoms with van der Waals surface area (Å²) in [6.45, 7) is 0. The summed E-state index contributed by atoms with van der Waals surface area (Å²) < 4.78 is 0. The van der Waals surface area contributed by atoms with Gasteiger partial charge >= 0.3 is 0 Å². The molecule has 2 aliphatic carbocycles. The highest BCUT2D eigenvalue weighted by molar-refractivity contribution is 5.73. The summed E-state index contributed by atoms with van der Waals surface area (Å²) in [6.07, 6.45) is 18.7. The molecule has 0 aromatic heterocycles. The molecule has 2 saturated carbocycles. The molecule has 0 atom stereocenters. The third-order valence-corrected chi connectivity index (χ3v) is 7.37. The molecule has 1 nitrogen and oxygen atoms in total. The molecule has 0 aliphatic heterocycles. The van der Waals surface area contributed by atoms with Crippen LogP contribution in [-0.2, 0) is 0 Å². The van der Waals surface area contributed by atoms with Crippen molar-refractivity contribution in [3.05, 3.63) is 53.6 Å². The molecule has 0 spiro atoms.